The number of carbonyl (C=O) groups is 2. The van der Waals surface area contributed by atoms with Gasteiger partial charge in [0.05, 0.1) is 36.3 Å². The molecule has 116 valence electrons. The van der Waals surface area contributed by atoms with Crippen LogP contribution in [0.3, 0.4) is 0 Å². The molecule has 0 radical (unpaired) electrons. The molecule has 1 heterocycles. The van der Waals surface area contributed by atoms with Crippen LogP contribution >= 0.6 is 0 Å². The Labute approximate surface area is 133 Å². The predicted octanol–water partition coefficient (Wildman–Crippen LogP) is 2.64. The Kier molecular flexibility index (Phi) is 3.73. The van der Waals surface area contributed by atoms with E-state index in [1.807, 2.05) is 0 Å². The van der Waals surface area contributed by atoms with Crippen LogP contribution in [0, 0.1) is 13.8 Å². The van der Waals surface area contributed by atoms with Crippen LogP contribution < -0.4 is 4.74 Å². The van der Waals surface area contributed by atoms with Crippen molar-refractivity contribution in [3.8, 4) is 5.75 Å². The highest BCUT2D eigenvalue weighted by Gasteiger charge is 2.32. The molecule has 0 saturated heterocycles. The summed E-state index contributed by atoms with van der Waals surface area (Å²) >= 11 is 0. The third-order valence-corrected chi connectivity index (χ3v) is 3.71. The number of Topliss-reactive ketones (excluding diaryl/α,β-unsaturated/α-hetero) is 2. The Hall–Kier alpha value is -2.89. The lowest BCUT2D eigenvalue weighted by Gasteiger charge is -2.15. The molecule has 6 nitrogen and oxygen atoms in total. The van der Waals surface area contributed by atoms with Gasteiger partial charge in [0, 0.05) is 0 Å². The molecule has 0 aliphatic heterocycles. The van der Waals surface area contributed by atoms with Crippen LogP contribution in [0.25, 0.3) is 0 Å². The third kappa shape index (κ3) is 2.75. The topological polar surface area (TPSA) is 81.5 Å². The van der Waals surface area contributed by atoms with Crippen LogP contribution in [-0.4, -0.2) is 34.4 Å². The first kappa shape index (κ1) is 15.0. The summed E-state index contributed by atoms with van der Waals surface area (Å²) in [6.45, 7) is 3.52. The van der Waals surface area contributed by atoms with Gasteiger partial charge in [0.25, 0.3) is 0 Å². The van der Waals surface area contributed by atoms with Crippen molar-refractivity contribution in [2.24, 2.45) is 4.99 Å². The van der Waals surface area contributed by atoms with Crippen LogP contribution in [0.4, 0.5) is 5.69 Å². The van der Waals surface area contributed by atoms with Crippen molar-refractivity contribution >= 4 is 23.0 Å². The smallest absolute Gasteiger partial charge is 0.228 e. The van der Waals surface area contributed by atoms with E-state index in [4.69, 9.17) is 4.74 Å². The quantitative estimate of drug-likeness (QED) is 0.851. The van der Waals surface area contributed by atoms with E-state index in [1.165, 1.54) is 0 Å². The Bertz CT molecular complexity index is 839. The zero-order chi connectivity index (χ0) is 16.6. The number of benzene rings is 1. The number of fused-ring (bicyclic) bond motifs is 1. The summed E-state index contributed by atoms with van der Waals surface area (Å²) in [6.07, 6.45) is -0.0605. The number of hydrogen-bond acceptors (Lipinski definition) is 6. The third-order valence-electron chi connectivity index (χ3n) is 3.71. The Morgan fingerprint density at radius 3 is 2.22 bits per heavy atom. The molecule has 3 rings (SSSR count). The van der Waals surface area contributed by atoms with Crippen molar-refractivity contribution in [3.05, 3.63) is 47.0 Å². The summed E-state index contributed by atoms with van der Waals surface area (Å²) in [5.41, 5.74) is 2.30. The summed E-state index contributed by atoms with van der Waals surface area (Å²) < 4.78 is 5.08. The first-order chi connectivity index (χ1) is 11.0. The number of hydrogen-bond donors (Lipinski definition) is 0. The van der Waals surface area contributed by atoms with Gasteiger partial charge in [0.2, 0.25) is 5.78 Å². The highest BCUT2D eigenvalue weighted by molar-refractivity contribution is 6.52. The van der Waals surface area contributed by atoms with Crippen molar-refractivity contribution in [1.29, 1.82) is 0 Å². The van der Waals surface area contributed by atoms with E-state index in [9.17, 15) is 9.59 Å². The monoisotopic (exact) mass is 309 g/mol. The number of methoxy groups -OCH3 is 1. The average Bonchev–Trinajstić information content (AvgIpc) is 2.55. The number of aromatic nitrogens is 2. The second kappa shape index (κ2) is 5.72. The SMILES string of the molecule is COc1ccc(N=C2CC(=O)c3nc(C)c(C)nc3C2=O)cc1. The van der Waals surface area contributed by atoms with Gasteiger partial charge in [-0.2, -0.15) is 0 Å². The number of ketones is 2. The van der Waals surface area contributed by atoms with Gasteiger partial charge < -0.3 is 4.74 Å². The fourth-order valence-corrected chi connectivity index (χ4v) is 2.31. The Morgan fingerprint density at radius 1 is 1.00 bits per heavy atom. The van der Waals surface area contributed by atoms with Gasteiger partial charge in [-0.05, 0) is 38.1 Å². The first-order valence-corrected chi connectivity index (χ1v) is 7.14. The number of aryl methyl sites for hydroxylation is 2. The van der Waals surface area contributed by atoms with Crippen molar-refractivity contribution in [1.82, 2.24) is 9.97 Å². The maximum absolute atomic E-state index is 12.5. The van der Waals surface area contributed by atoms with Crippen molar-refractivity contribution < 1.29 is 14.3 Å². The maximum Gasteiger partial charge on any atom is 0.228 e. The molecule has 23 heavy (non-hydrogen) atoms. The minimum atomic E-state index is -0.342. The van der Waals surface area contributed by atoms with Gasteiger partial charge in [0.1, 0.15) is 17.1 Å². The minimum absolute atomic E-state index is 0.0605. The summed E-state index contributed by atoms with van der Waals surface area (Å²) in [4.78, 5) is 37.5. The van der Waals surface area contributed by atoms with E-state index in [2.05, 4.69) is 15.0 Å². The van der Waals surface area contributed by atoms with E-state index in [0.717, 1.165) is 0 Å². The molecule has 1 aromatic carbocycles. The molecule has 0 spiro atoms. The summed E-state index contributed by atoms with van der Waals surface area (Å²) in [5, 5.41) is 0. The molecule has 0 fully saturated rings. The van der Waals surface area contributed by atoms with E-state index in [0.29, 0.717) is 22.8 Å². The fraction of sp³-hybridized carbons (Fsp3) is 0.235. The molecule has 1 aliphatic rings. The Morgan fingerprint density at radius 2 is 1.61 bits per heavy atom. The molecule has 1 aliphatic carbocycles. The highest BCUT2D eigenvalue weighted by atomic mass is 16.5. The molecule has 0 unspecified atom stereocenters. The molecule has 2 aromatic rings. The van der Waals surface area contributed by atoms with Crippen molar-refractivity contribution in [2.45, 2.75) is 20.3 Å². The average molecular weight is 309 g/mol. The summed E-state index contributed by atoms with van der Waals surface area (Å²) in [5.74, 6) is 0.121. The zero-order valence-electron chi connectivity index (χ0n) is 13.1. The number of ether oxygens (including phenoxy) is 1. The van der Waals surface area contributed by atoms with Gasteiger partial charge in [-0.1, -0.05) is 0 Å². The molecule has 0 saturated carbocycles. The van der Waals surface area contributed by atoms with Crippen molar-refractivity contribution in [2.75, 3.05) is 7.11 Å². The second-order valence-corrected chi connectivity index (χ2v) is 5.28. The van der Waals surface area contributed by atoms with Crippen LogP contribution in [0.15, 0.2) is 29.3 Å². The van der Waals surface area contributed by atoms with Crippen LogP contribution in [0.1, 0.15) is 38.8 Å². The van der Waals surface area contributed by atoms with Crippen molar-refractivity contribution in [3.63, 3.8) is 0 Å². The maximum atomic E-state index is 12.5. The van der Waals surface area contributed by atoms with Crippen LogP contribution in [0.5, 0.6) is 5.75 Å². The standard InChI is InChI=1S/C17H15N3O3/c1-9-10(2)19-16-15(18-9)14(21)8-13(17(16)22)20-11-4-6-12(23-3)7-5-11/h4-7H,8H2,1-3H3. The van der Waals surface area contributed by atoms with Crippen LogP contribution in [-0.2, 0) is 0 Å². The fourth-order valence-electron chi connectivity index (χ4n) is 2.31. The molecular weight excluding hydrogens is 294 g/mol. The van der Waals surface area contributed by atoms with E-state index >= 15 is 0 Å². The molecule has 0 N–H and O–H groups in total. The van der Waals surface area contributed by atoms with E-state index < -0.39 is 0 Å². The molecular formula is C17H15N3O3. The lowest BCUT2D eigenvalue weighted by Crippen LogP contribution is -2.30. The van der Waals surface area contributed by atoms with E-state index in [-0.39, 0.29) is 35.1 Å². The highest BCUT2D eigenvalue weighted by Crippen LogP contribution is 2.23. The second-order valence-electron chi connectivity index (χ2n) is 5.28. The molecule has 1 aromatic heterocycles. The minimum Gasteiger partial charge on any atom is -0.497 e. The predicted molar refractivity (Wildman–Crippen MR) is 84.9 cm³/mol. The number of rotatable bonds is 2. The van der Waals surface area contributed by atoms with Crippen LogP contribution in [0.2, 0.25) is 0 Å². The van der Waals surface area contributed by atoms with Gasteiger partial charge in [0.15, 0.2) is 5.78 Å². The van der Waals surface area contributed by atoms with Gasteiger partial charge in [-0.25, -0.2) is 15.0 Å². The lowest BCUT2D eigenvalue weighted by molar-refractivity contribution is 0.0957. The Balaban J connectivity index is 2.02. The van der Waals surface area contributed by atoms with Gasteiger partial charge >= 0.3 is 0 Å². The molecule has 0 atom stereocenters. The lowest BCUT2D eigenvalue weighted by atomic mass is 9.95. The summed E-state index contributed by atoms with van der Waals surface area (Å²) in [7, 11) is 1.57. The van der Waals surface area contributed by atoms with Gasteiger partial charge in [-0.3, -0.25) is 9.59 Å². The number of nitrogens with zero attached hydrogens (tertiary/aromatic N) is 3. The largest absolute Gasteiger partial charge is 0.497 e. The zero-order valence-corrected chi connectivity index (χ0v) is 13.1. The molecule has 0 amide bonds. The van der Waals surface area contributed by atoms with Gasteiger partial charge in [-0.15, -0.1) is 0 Å². The van der Waals surface area contributed by atoms with E-state index in [1.54, 1.807) is 45.2 Å². The number of carbonyl (C=O) groups excluding carboxylic acids is 2. The summed E-state index contributed by atoms with van der Waals surface area (Å²) in [6, 6.07) is 6.95. The number of aliphatic imine (C=N–C) groups is 1. The molecule has 6 heteroatoms. The normalized spacial score (nSPS) is 15.7. The molecule has 0 bridgehead atoms. The first-order valence-electron chi connectivity index (χ1n) is 7.14.